The molecule has 0 bridgehead atoms. The maximum atomic E-state index is 6.12. The standard InChI is InChI=1S/C11H14ClN3S/c1-3-8(7-13-2)6-9-10(12)14-11-15(9)4-5-16-11/h4-6,13H,3,7H2,1-2H3. The summed E-state index contributed by atoms with van der Waals surface area (Å²) in [6.07, 6.45) is 5.12. The van der Waals surface area contributed by atoms with Crippen molar-refractivity contribution in [1.29, 1.82) is 0 Å². The fraction of sp³-hybridized carbons (Fsp3) is 0.364. The summed E-state index contributed by atoms with van der Waals surface area (Å²) in [6.45, 7) is 3.02. The van der Waals surface area contributed by atoms with Gasteiger partial charge in [0.25, 0.3) is 0 Å². The van der Waals surface area contributed by atoms with Crippen molar-refractivity contribution in [2.75, 3.05) is 13.6 Å². The maximum Gasteiger partial charge on any atom is 0.195 e. The van der Waals surface area contributed by atoms with Crippen molar-refractivity contribution >= 4 is 34.0 Å². The van der Waals surface area contributed by atoms with E-state index in [0.717, 1.165) is 23.6 Å². The first kappa shape index (κ1) is 11.6. The second-order valence-electron chi connectivity index (χ2n) is 3.53. The molecule has 2 rings (SSSR count). The van der Waals surface area contributed by atoms with Gasteiger partial charge in [-0.05, 0) is 19.5 Å². The summed E-state index contributed by atoms with van der Waals surface area (Å²) in [7, 11) is 1.95. The monoisotopic (exact) mass is 255 g/mol. The summed E-state index contributed by atoms with van der Waals surface area (Å²) in [5.41, 5.74) is 2.29. The zero-order valence-corrected chi connectivity index (χ0v) is 10.9. The Kier molecular flexibility index (Phi) is 3.63. The first-order valence-corrected chi connectivity index (χ1v) is 6.47. The summed E-state index contributed by atoms with van der Waals surface area (Å²) in [5, 5.41) is 5.75. The molecular weight excluding hydrogens is 242 g/mol. The molecule has 0 fully saturated rings. The molecule has 1 N–H and O–H groups in total. The van der Waals surface area contributed by atoms with Gasteiger partial charge in [0.05, 0.1) is 5.69 Å². The van der Waals surface area contributed by atoms with Gasteiger partial charge in [0.15, 0.2) is 10.1 Å². The Bertz CT molecular complexity index is 512. The number of aromatic nitrogens is 2. The summed E-state index contributed by atoms with van der Waals surface area (Å²) in [5.74, 6) is 0. The molecule has 0 spiro atoms. The molecule has 16 heavy (non-hydrogen) atoms. The smallest absolute Gasteiger partial charge is 0.195 e. The van der Waals surface area contributed by atoms with Gasteiger partial charge in [-0.1, -0.05) is 24.1 Å². The van der Waals surface area contributed by atoms with Gasteiger partial charge >= 0.3 is 0 Å². The van der Waals surface area contributed by atoms with E-state index in [0.29, 0.717) is 5.15 Å². The average Bonchev–Trinajstić information content (AvgIpc) is 2.81. The van der Waals surface area contributed by atoms with E-state index < -0.39 is 0 Å². The third-order valence-electron chi connectivity index (χ3n) is 2.45. The van der Waals surface area contributed by atoms with Crippen LogP contribution in [0.2, 0.25) is 5.15 Å². The van der Waals surface area contributed by atoms with E-state index in [1.165, 1.54) is 5.57 Å². The second kappa shape index (κ2) is 4.99. The molecule has 5 heteroatoms. The fourth-order valence-corrected chi connectivity index (χ4v) is 2.60. The van der Waals surface area contributed by atoms with Gasteiger partial charge in [-0.15, -0.1) is 11.3 Å². The molecule has 0 aromatic carbocycles. The Balaban J connectivity index is 2.45. The van der Waals surface area contributed by atoms with Crippen molar-refractivity contribution in [2.24, 2.45) is 0 Å². The molecule has 0 aliphatic carbocycles. The lowest BCUT2D eigenvalue weighted by atomic mass is 10.1. The van der Waals surface area contributed by atoms with E-state index >= 15 is 0 Å². The number of likely N-dealkylation sites (N-methyl/N-ethyl adjacent to an activating group) is 1. The van der Waals surface area contributed by atoms with E-state index in [9.17, 15) is 0 Å². The molecule has 0 radical (unpaired) electrons. The normalized spacial score (nSPS) is 12.6. The van der Waals surface area contributed by atoms with Crippen LogP contribution in [0.25, 0.3) is 11.0 Å². The Hall–Kier alpha value is -0.840. The van der Waals surface area contributed by atoms with Crippen LogP contribution < -0.4 is 5.32 Å². The number of imidazole rings is 1. The van der Waals surface area contributed by atoms with Crippen LogP contribution >= 0.6 is 22.9 Å². The predicted octanol–water partition coefficient (Wildman–Crippen LogP) is 3.06. The molecule has 0 aliphatic rings. The number of fused-ring (bicyclic) bond motifs is 1. The van der Waals surface area contributed by atoms with E-state index in [1.807, 2.05) is 23.0 Å². The molecule has 0 amide bonds. The van der Waals surface area contributed by atoms with Gasteiger partial charge in [-0.3, -0.25) is 4.40 Å². The van der Waals surface area contributed by atoms with Crippen molar-refractivity contribution in [3.63, 3.8) is 0 Å². The summed E-state index contributed by atoms with van der Waals surface area (Å²) < 4.78 is 2.03. The Morgan fingerprint density at radius 2 is 2.50 bits per heavy atom. The number of nitrogens with zero attached hydrogens (tertiary/aromatic N) is 2. The highest BCUT2D eigenvalue weighted by atomic mass is 35.5. The van der Waals surface area contributed by atoms with Gasteiger partial charge < -0.3 is 5.32 Å². The average molecular weight is 256 g/mol. The largest absolute Gasteiger partial charge is 0.316 e. The van der Waals surface area contributed by atoms with E-state index in [2.05, 4.69) is 23.3 Å². The van der Waals surface area contributed by atoms with Crippen LogP contribution in [0.3, 0.4) is 0 Å². The molecule has 0 aliphatic heterocycles. The molecule has 3 nitrogen and oxygen atoms in total. The lowest BCUT2D eigenvalue weighted by molar-refractivity contribution is 0.850. The zero-order valence-electron chi connectivity index (χ0n) is 9.33. The molecule has 0 saturated heterocycles. The van der Waals surface area contributed by atoms with Gasteiger partial charge in [0.2, 0.25) is 0 Å². The molecule has 0 atom stereocenters. The predicted molar refractivity (Wildman–Crippen MR) is 70.3 cm³/mol. The second-order valence-corrected chi connectivity index (χ2v) is 4.76. The van der Waals surface area contributed by atoms with Crippen LogP contribution in [0.1, 0.15) is 19.0 Å². The molecule has 2 aromatic rings. The fourth-order valence-electron chi connectivity index (χ4n) is 1.60. The Morgan fingerprint density at radius 1 is 1.69 bits per heavy atom. The van der Waals surface area contributed by atoms with Gasteiger partial charge in [0.1, 0.15) is 0 Å². The van der Waals surface area contributed by atoms with E-state index in [4.69, 9.17) is 11.6 Å². The van der Waals surface area contributed by atoms with Crippen LogP contribution in [0.5, 0.6) is 0 Å². The highest BCUT2D eigenvalue weighted by Gasteiger charge is 2.09. The summed E-state index contributed by atoms with van der Waals surface area (Å²) >= 11 is 7.71. The van der Waals surface area contributed by atoms with Crippen molar-refractivity contribution in [1.82, 2.24) is 14.7 Å². The maximum absolute atomic E-state index is 6.12. The molecule has 0 saturated carbocycles. The van der Waals surface area contributed by atoms with Gasteiger partial charge in [-0.2, -0.15) is 0 Å². The highest BCUT2D eigenvalue weighted by Crippen LogP contribution is 2.23. The van der Waals surface area contributed by atoms with E-state index in [-0.39, 0.29) is 0 Å². The van der Waals surface area contributed by atoms with Crippen LogP contribution in [-0.4, -0.2) is 23.0 Å². The number of rotatable bonds is 4. The SMILES string of the molecule is CCC(=Cc1c(Cl)nc2sccn12)CNC. The van der Waals surface area contributed by atoms with Gasteiger partial charge in [0, 0.05) is 18.1 Å². The number of halogens is 1. The molecular formula is C11H14ClN3S. The molecule has 2 heterocycles. The Morgan fingerprint density at radius 3 is 3.19 bits per heavy atom. The summed E-state index contributed by atoms with van der Waals surface area (Å²) in [4.78, 5) is 5.24. The van der Waals surface area contributed by atoms with Crippen molar-refractivity contribution in [2.45, 2.75) is 13.3 Å². The third kappa shape index (κ3) is 2.14. The van der Waals surface area contributed by atoms with Crippen LogP contribution in [0.15, 0.2) is 17.2 Å². The van der Waals surface area contributed by atoms with Crippen LogP contribution in [0.4, 0.5) is 0 Å². The lowest BCUT2D eigenvalue weighted by Crippen LogP contribution is -2.09. The van der Waals surface area contributed by atoms with Crippen molar-refractivity contribution in [3.8, 4) is 0 Å². The summed E-state index contributed by atoms with van der Waals surface area (Å²) in [6, 6.07) is 0. The molecule has 0 unspecified atom stereocenters. The number of thiazole rings is 1. The molecule has 2 aromatic heterocycles. The number of nitrogens with one attached hydrogen (secondary N) is 1. The van der Waals surface area contributed by atoms with E-state index in [1.54, 1.807) is 11.3 Å². The molecule has 86 valence electrons. The minimum atomic E-state index is 0.578. The van der Waals surface area contributed by atoms with Gasteiger partial charge in [-0.25, -0.2) is 4.98 Å². The minimum absolute atomic E-state index is 0.578. The van der Waals surface area contributed by atoms with Crippen molar-refractivity contribution in [3.05, 3.63) is 28.0 Å². The first-order valence-electron chi connectivity index (χ1n) is 5.21. The topological polar surface area (TPSA) is 29.3 Å². The first-order chi connectivity index (χ1) is 7.76. The zero-order chi connectivity index (χ0) is 11.5. The highest BCUT2D eigenvalue weighted by molar-refractivity contribution is 7.15. The Labute approximate surface area is 104 Å². The third-order valence-corrected chi connectivity index (χ3v) is 3.49. The quantitative estimate of drug-likeness (QED) is 0.910. The van der Waals surface area contributed by atoms with Crippen molar-refractivity contribution < 1.29 is 0 Å². The van der Waals surface area contributed by atoms with Crippen LogP contribution in [-0.2, 0) is 0 Å². The lowest BCUT2D eigenvalue weighted by Gasteiger charge is -2.03. The minimum Gasteiger partial charge on any atom is -0.316 e. The number of hydrogen-bond acceptors (Lipinski definition) is 3. The number of hydrogen-bond donors (Lipinski definition) is 1. The van der Waals surface area contributed by atoms with Crippen LogP contribution in [0, 0.1) is 0 Å².